The molecule has 0 saturated heterocycles. The van der Waals surface area contributed by atoms with E-state index in [9.17, 15) is 13.2 Å². The van der Waals surface area contributed by atoms with Crippen LogP contribution in [-0.4, -0.2) is 42.4 Å². The minimum absolute atomic E-state index is 0.0289. The smallest absolute Gasteiger partial charge is 0.320 e. The maximum absolute atomic E-state index is 9.71. The third-order valence-electron chi connectivity index (χ3n) is 0.765. The highest BCUT2D eigenvalue weighted by Gasteiger charge is 1.99. The number of hydrogen-bond donors (Lipinski definition) is 4. The molecule has 0 aromatic carbocycles. The van der Waals surface area contributed by atoms with Crippen molar-refractivity contribution >= 4 is 16.1 Å². The van der Waals surface area contributed by atoms with Gasteiger partial charge >= 0.3 is 5.97 Å². The van der Waals surface area contributed by atoms with Gasteiger partial charge in [-0.1, -0.05) is 0 Å². The van der Waals surface area contributed by atoms with E-state index < -0.39 is 22.1 Å². The fourth-order valence-electron chi connectivity index (χ4n) is 0.149. The van der Waals surface area contributed by atoms with Crippen molar-refractivity contribution in [1.82, 2.24) is 0 Å². The van der Waals surface area contributed by atoms with Gasteiger partial charge in [0.05, 0.1) is 5.75 Å². The number of rotatable bonds is 3. The maximum atomic E-state index is 9.71. The SMILES string of the molecule is C[C@H](N)C(=O)O.NCCS(=O)(=O)O. The molecule has 0 saturated carbocycles. The zero-order chi connectivity index (χ0) is 11.1. The van der Waals surface area contributed by atoms with Crippen LogP contribution in [0.25, 0.3) is 0 Å². The number of carboxylic acid groups (broad SMARTS) is 1. The van der Waals surface area contributed by atoms with Gasteiger partial charge in [0, 0.05) is 6.54 Å². The summed E-state index contributed by atoms with van der Waals surface area (Å²) in [5.41, 5.74) is 9.61. The van der Waals surface area contributed by atoms with Crippen molar-refractivity contribution in [3.63, 3.8) is 0 Å². The van der Waals surface area contributed by atoms with Gasteiger partial charge in [-0.2, -0.15) is 8.42 Å². The van der Waals surface area contributed by atoms with Crippen LogP contribution in [0.3, 0.4) is 0 Å². The highest BCUT2D eigenvalue weighted by molar-refractivity contribution is 7.85. The van der Waals surface area contributed by atoms with Crippen LogP contribution < -0.4 is 11.5 Å². The first-order valence-electron chi connectivity index (χ1n) is 3.34. The Morgan fingerprint density at radius 1 is 1.54 bits per heavy atom. The van der Waals surface area contributed by atoms with Crippen molar-refractivity contribution in [1.29, 1.82) is 0 Å². The Balaban J connectivity index is 0. The molecule has 8 heteroatoms. The molecule has 0 bridgehead atoms. The molecule has 0 radical (unpaired) electrons. The molecule has 0 aliphatic rings. The molecular weight excluding hydrogens is 200 g/mol. The Bertz CT molecular complexity index is 235. The van der Waals surface area contributed by atoms with E-state index in [-0.39, 0.29) is 12.3 Å². The monoisotopic (exact) mass is 214 g/mol. The number of nitrogens with two attached hydrogens (primary N) is 2. The van der Waals surface area contributed by atoms with Gasteiger partial charge in [0.2, 0.25) is 0 Å². The van der Waals surface area contributed by atoms with E-state index in [0.29, 0.717) is 0 Å². The molecule has 0 aliphatic heterocycles. The summed E-state index contributed by atoms with van der Waals surface area (Å²) in [5, 5.41) is 7.87. The standard InChI is InChI=1S/C3H7NO2.C2H7NO3S/c1-2(4)3(5)6;3-1-2-7(4,5)6/h2H,4H2,1H3,(H,5,6);1-3H2,(H,4,5,6)/t2-;/m0./s1. The summed E-state index contributed by atoms with van der Waals surface area (Å²) in [7, 11) is -3.80. The van der Waals surface area contributed by atoms with Crippen molar-refractivity contribution in [3.05, 3.63) is 0 Å². The number of aliphatic carboxylic acids is 1. The molecule has 0 aromatic heterocycles. The van der Waals surface area contributed by atoms with Crippen molar-refractivity contribution in [3.8, 4) is 0 Å². The first-order valence-corrected chi connectivity index (χ1v) is 4.95. The van der Waals surface area contributed by atoms with Gasteiger partial charge in [0.1, 0.15) is 6.04 Å². The van der Waals surface area contributed by atoms with Crippen molar-refractivity contribution in [2.75, 3.05) is 12.3 Å². The van der Waals surface area contributed by atoms with E-state index >= 15 is 0 Å². The Labute approximate surface area is 76.5 Å². The maximum Gasteiger partial charge on any atom is 0.320 e. The van der Waals surface area contributed by atoms with Gasteiger partial charge in [-0.3, -0.25) is 9.35 Å². The number of carbonyl (C=O) groups is 1. The predicted molar refractivity (Wildman–Crippen MR) is 46.8 cm³/mol. The van der Waals surface area contributed by atoms with E-state index in [0.717, 1.165) is 0 Å². The van der Waals surface area contributed by atoms with Crippen LogP contribution in [0.15, 0.2) is 0 Å². The highest BCUT2D eigenvalue weighted by Crippen LogP contribution is 1.74. The molecule has 0 aliphatic carbocycles. The van der Waals surface area contributed by atoms with Gasteiger partial charge in [-0.25, -0.2) is 0 Å². The molecule has 13 heavy (non-hydrogen) atoms. The molecule has 7 nitrogen and oxygen atoms in total. The normalized spacial score (nSPS) is 12.6. The lowest BCUT2D eigenvalue weighted by atomic mass is 10.4. The Kier molecular flexibility index (Phi) is 7.72. The molecule has 80 valence electrons. The first-order chi connectivity index (χ1) is 5.70. The minimum atomic E-state index is -3.80. The summed E-state index contributed by atoms with van der Waals surface area (Å²) in [4.78, 5) is 9.57. The second-order valence-corrected chi connectivity index (χ2v) is 3.77. The summed E-state index contributed by atoms with van der Waals surface area (Å²) in [6, 6.07) is -0.731. The van der Waals surface area contributed by atoms with E-state index in [1.807, 2.05) is 0 Å². The second kappa shape index (κ2) is 6.78. The first kappa shape index (κ1) is 14.8. The zero-order valence-electron chi connectivity index (χ0n) is 7.17. The molecule has 6 N–H and O–H groups in total. The summed E-state index contributed by atoms with van der Waals surface area (Å²) < 4.78 is 27.3. The molecule has 0 spiro atoms. The molecule has 0 amide bonds. The quantitative estimate of drug-likeness (QED) is 0.408. The fourth-order valence-corrected chi connectivity index (χ4v) is 0.447. The third-order valence-corrected chi connectivity index (χ3v) is 1.52. The minimum Gasteiger partial charge on any atom is -0.480 e. The van der Waals surface area contributed by atoms with Gasteiger partial charge in [-0.05, 0) is 6.92 Å². The van der Waals surface area contributed by atoms with E-state index in [1.54, 1.807) is 0 Å². The fraction of sp³-hybridized carbons (Fsp3) is 0.800. The summed E-state index contributed by atoms with van der Waals surface area (Å²) in [5.74, 6) is -1.32. The molecule has 0 fully saturated rings. The van der Waals surface area contributed by atoms with Gasteiger partial charge in [-0.15, -0.1) is 0 Å². The Morgan fingerprint density at radius 3 is 1.85 bits per heavy atom. The Hall–Kier alpha value is -0.700. The van der Waals surface area contributed by atoms with Gasteiger partial charge < -0.3 is 16.6 Å². The van der Waals surface area contributed by atoms with E-state index in [2.05, 4.69) is 0 Å². The zero-order valence-corrected chi connectivity index (χ0v) is 7.99. The number of hydrogen-bond acceptors (Lipinski definition) is 5. The van der Waals surface area contributed by atoms with Gasteiger partial charge in [0.15, 0.2) is 0 Å². The third kappa shape index (κ3) is 18.3. The lowest BCUT2D eigenvalue weighted by Gasteiger charge is -1.90. The van der Waals surface area contributed by atoms with Crippen molar-refractivity contribution in [2.24, 2.45) is 11.5 Å². The average Bonchev–Trinajstić information content (AvgIpc) is 1.85. The van der Waals surface area contributed by atoms with Crippen LogP contribution in [0.1, 0.15) is 6.92 Å². The highest BCUT2D eigenvalue weighted by atomic mass is 32.2. The van der Waals surface area contributed by atoms with Crippen LogP contribution in [0.2, 0.25) is 0 Å². The molecular formula is C5H14N2O5S. The molecule has 0 heterocycles. The van der Waals surface area contributed by atoms with Crippen LogP contribution in [0.5, 0.6) is 0 Å². The second-order valence-electron chi connectivity index (χ2n) is 2.20. The molecule has 0 rings (SSSR count). The predicted octanol–water partition coefficient (Wildman–Crippen LogP) is -1.75. The molecule has 1 atom stereocenters. The molecule has 0 aromatic rings. The van der Waals surface area contributed by atoms with Crippen LogP contribution in [0, 0.1) is 0 Å². The largest absolute Gasteiger partial charge is 0.480 e. The van der Waals surface area contributed by atoms with Crippen molar-refractivity contribution < 1.29 is 22.9 Å². The average molecular weight is 214 g/mol. The van der Waals surface area contributed by atoms with Crippen LogP contribution in [0.4, 0.5) is 0 Å². The lowest BCUT2D eigenvalue weighted by molar-refractivity contribution is -0.138. The summed E-state index contributed by atoms with van der Waals surface area (Å²) in [6.45, 7) is 1.39. The lowest BCUT2D eigenvalue weighted by Crippen LogP contribution is -2.25. The van der Waals surface area contributed by atoms with E-state index in [1.165, 1.54) is 6.92 Å². The van der Waals surface area contributed by atoms with E-state index in [4.69, 9.17) is 21.1 Å². The van der Waals surface area contributed by atoms with Crippen LogP contribution >= 0.6 is 0 Å². The summed E-state index contributed by atoms with van der Waals surface area (Å²) in [6.07, 6.45) is 0. The van der Waals surface area contributed by atoms with Gasteiger partial charge in [0.25, 0.3) is 10.1 Å². The topological polar surface area (TPSA) is 144 Å². The Morgan fingerprint density at radius 2 is 1.85 bits per heavy atom. The van der Waals surface area contributed by atoms with Crippen LogP contribution in [-0.2, 0) is 14.9 Å². The number of carboxylic acids is 1. The molecule has 0 unspecified atom stereocenters. The van der Waals surface area contributed by atoms with Crippen molar-refractivity contribution in [2.45, 2.75) is 13.0 Å². The summed E-state index contributed by atoms with van der Waals surface area (Å²) >= 11 is 0.